The first-order valence-corrected chi connectivity index (χ1v) is 6.65. The second kappa shape index (κ2) is 6.21. The minimum Gasteiger partial charge on any atom is -0.381 e. The molecule has 1 fully saturated rings. The van der Waals surface area contributed by atoms with Crippen molar-refractivity contribution in [2.24, 2.45) is 0 Å². The van der Waals surface area contributed by atoms with E-state index >= 15 is 0 Å². The molecule has 0 atom stereocenters. The minimum atomic E-state index is -2.37. The van der Waals surface area contributed by atoms with Crippen LogP contribution in [0, 0.1) is 0 Å². The van der Waals surface area contributed by atoms with Gasteiger partial charge < -0.3 is 10.6 Å². The molecule has 0 bridgehead atoms. The number of benzene rings is 1. The van der Waals surface area contributed by atoms with Crippen LogP contribution in [-0.4, -0.2) is 24.9 Å². The maximum absolute atomic E-state index is 12.4. The molecule has 1 saturated heterocycles. The lowest BCUT2D eigenvalue weighted by atomic mass is 10.1. The van der Waals surface area contributed by atoms with E-state index in [0.29, 0.717) is 22.7 Å². The van der Waals surface area contributed by atoms with E-state index in [4.69, 9.17) is 0 Å². The molecule has 17 heavy (non-hydrogen) atoms. The third kappa shape index (κ3) is 3.85. The van der Waals surface area contributed by atoms with Gasteiger partial charge in [-0.05, 0) is 38.1 Å². The lowest BCUT2D eigenvalue weighted by molar-refractivity contribution is 0.252. The molecule has 2 N–H and O–H groups in total. The Hall–Kier alpha value is -0.810. The molecule has 1 aliphatic rings. The summed E-state index contributed by atoms with van der Waals surface area (Å²) in [4.78, 5) is 0.626. The topological polar surface area (TPSA) is 24.1 Å². The zero-order valence-corrected chi connectivity index (χ0v) is 10.3. The van der Waals surface area contributed by atoms with Crippen LogP contribution in [0.15, 0.2) is 29.2 Å². The van der Waals surface area contributed by atoms with Crippen molar-refractivity contribution >= 4 is 17.4 Å². The predicted molar refractivity (Wildman–Crippen MR) is 67.8 cm³/mol. The van der Waals surface area contributed by atoms with Crippen LogP contribution in [0.1, 0.15) is 12.8 Å². The Balaban J connectivity index is 2.03. The first-order chi connectivity index (χ1) is 8.25. The zero-order valence-electron chi connectivity index (χ0n) is 9.46. The van der Waals surface area contributed by atoms with E-state index in [0.717, 1.165) is 31.6 Å². The molecule has 5 heteroatoms. The maximum atomic E-state index is 12.4. The number of hydrogen-bond acceptors (Lipinski definition) is 3. The molecule has 2 nitrogen and oxygen atoms in total. The summed E-state index contributed by atoms with van der Waals surface area (Å²) in [6, 6.07) is 7.65. The van der Waals surface area contributed by atoms with Crippen LogP contribution in [0.5, 0.6) is 0 Å². The van der Waals surface area contributed by atoms with Crippen LogP contribution < -0.4 is 10.6 Å². The molecule has 0 amide bonds. The van der Waals surface area contributed by atoms with Gasteiger partial charge in [-0.1, -0.05) is 23.9 Å². The standard InChI is InChI=1S/C12H16F2N2S/c13-12(14)17-11-4-2-1-3-10(11)16-9-5-7-15-8-6-9/h1-4,9,12,15-16H,5-8H2. The SMILES string of the molecule is FC(F)Sc1ccccc1NC1CCNCC1. The van der Waals surface area contributed by atoms with E-state index in [1.807, 2.05) is 12.1 Å². The number of piperidine rings is 1. The van der Waals surface area contributed by atoms with Gasteiger partial charge in [-0.15, -0.1) is 0 Å². The summed E-state index contributed by atoms with van der Waals surface area (Å²) in [5.74, 6) is -2.37. The van der Waals surface area contributed by atoms with Gasteiger partial charge in [0, 0.05) is 16.6 Å². The normalized spacial score (nSPS) is 17.4. The highest BCUT2D eigenvalue weighted by molar-refractivity contribution is 7.99. The molecule has 1 aromatic carbocycles. The van der Waals surface area contributed by atoms with Crippen molar-refractivity contribution in [3.63, 3.8) is 0 Å². The molecule has 0 radical (unpaired) electrons. The molecule has 1 aromatic rings. The van der Waals surface area contributed by atoms with Crippen molar-refractivity contribution in [3.05, 3.63) is 24.3 Å². The highest BCUT2D eigenvalue weighted by Gasteiger charge is 2.15. The van der Waals surface area contributed by atoms with Gasteiger partial charge in [0.2, 0.25) is 0 Å². The molecule has 1 aliphatic heterocycles. The van der Waals surface area contributed by atoms with Gasteiger partial charge in [-0.25, -0.2) is 0 Å². The highest BCUT2D eigenvalue weighted by Crippen LogP contribution is 2.32. The predicted octanol–water partition coefficient (Wildman–Crippen LogP) is 3.17. The van der Waals surface area contributed by atoms with Gasteiger partial charge in [-0.2, -0.15) is 8.78 Å². The molecule has 0 aromatic heterocycles. The molecule has 0 spiro atoms. The largest absolute Gasteiger partial charge is 0.381 e. The van der Waals surface area contributed by atoms with Gasteiger partial charge in [0.1, 0.15) is 0 Å². The van der Waals surface area contributed by atoms with Gasteiger partial charge in [0.15, 0.2) is 0 Å². The first kappa shape index (κ1) is 12.6. The average Bonchev–Trinajstić information content (AvgIpc) is 2.32. The number of alkyl halides is 2. The lowest BCUT2D eigenvalue weighted by Gasteiger charge is -2.25. The Morgan fingerprint density at radius 1 is 1.24 bits per heavy atom. The molecule has 1 heterocycles. The number of halogens is 2. The van der Waals surface area contributed by atoms with E-state index < -0.39 is 5.76 Å². The van der Waals surface area contributed by atoms with Crippen LogP contribution in [0.4, 0.5) is 14.5 Å². The smallest absolute Gasteiger partial charge is 0.288 e. The summed E-state index contributed by atoms with van der Waals surface area (Å²) in [5.41, 5.74) is 0.824. The molecular formula is C12H16F2N2S. The van der Waals surface area contributed by atoms with Gasteiger partial charge in [-0.3, -0.25) is 0 Å². The summed E-state index contributed by atoms with van der Waals surface area (Å²) in [7, 11) is 0. The second-order valence-electron chi connectivity index (χ2n) is 4.04. The van der Waals surface area contributed by atoms with Crippen LogP contribution in [0.3, 0.4) is 0 Å². The Labute approximate surface area is 104 Å². The van der Waals surface area contributed by atoms with Crippen LogP contribution >= 0.6 is 11.8 Å². The Kier molecular flexibility index (Phi) is 4.62. The first-order valence-electron chi connectivity index (χ1n) is 5.77. The highest BCUT2D eigenvalue weighted by atomic mass is 32.2. The average molecular weight is 258 g/mol. The molecule has 94 valence electrons. The fourth-order valence-corrected chi connectivity index (χ4v) is 2.57. The summed E-state index contributed by atoms with van der Waals surface area (Å²) in [5, 5.41) is 6.64. The number of anilines is 1. The molecule has 0 saturated carbocycles. The Bertz CT molecular complexity index is 354. The van der Waals surface area contributed by atoms with Crippen LogP contribution in [0.2, 0.25) is 0 Å². The quantitative estimate of drug-likeness (QED) is 0.811. The van der Waals surface area contributed by atoms with E-state index in [1.54, 1.807) is 12.1 Å². The van der Waals surface area contributed by atoms with E-state index in [9.17, 15) is 8.78 Å². The Morgan fingerprint density at radius 3 is 2.65 bits per heavy atom. The van der Waals surface area contributed by atoms with Gasteiger partial charge >= 0.3 is 0 Å². The number of para-hydroxylation sites is 1. The molecule has 0 unspecified atom stereocenters. The van der Waals surface area contributed by atoms with Crippen molar-refractivity contribution in [2.45, 2.75) is 29.5 Å². The van der Waals surface area contributed by atoms with E-state index in [-0.39, 0.29) is 0 Å². The summed E-state index contributed by atoms with van der Waals surface area (Å²) in [6.45, 7) is 1.98. The zero-order chi connectivity index (χ0) is 12.1. The third-order valence-electron chi connectivity index (χ3n) is 2.80. The fraction of sp³-hybridized carbons (Fsp3) is 0.500. The van der Waals surface area contributed by atoms with E-state index in [2.05, 4.69) is 10.6 Å². The van der Waals surface area contributed by atoms with Gasteiger partial charge in [0.25, 0.3) is 5.76 Å². The van der Waals surface area contributed by atoms with E-state index in [1.165, 1.54) is 0 Å². The number of thioether (sulfide) groups is 1. The molecule has 0 aliphatic carbocycles. The minimum absolute atomic E-state index is 0.385. The molecule has 2 rings (SSSR count). The van der Waals surface area contributed by atoms with Crippen molar-refractivity contribution in [1.29, 1.82) is 0 Å². The van der Waals surface area contributed by atoms with Crippen molar-refractivity contribution in [3.8, 4) is 0 Å². The summed E-state index contributed by atoms with van der Waals surface area (Å²) in [6.07, 6.45) is 2.07. The Morgan fingerprint density at radius 2 is 1.94 bits per heavy atom. The number of rotatable bonds is 4. The second-order valence-corrected chi connectivity index (χ2v) is 5.08. The fourth-order valence-electron chi connectivity index (χ4n) is 1.97. The van der Waals surface area contributed by atoms with Crippen LogP contribution in [0.25, 0.3) is 0 Å². The van der Waals surface area contributed by atoms with Crippen molar-refractivity contribution in [1.82, 2.24) is 5.32 Å². The van der Waals surface area contributed by atoms with Gasteiger partial charge in [0.05, 0.1) is 0 Å². The third-order valence-corrected chi connectivity index (χ3v) is 3.59. The maximum Gasteiger partial charge on any atom is 0.288 e. The number of hydrogen-bond donors (Lipinski definition) is 2. The summed E-state index contributed by atoms with van der Waals surface area (Å²) >= 11 is 0.602. The van der Waals surface area contributed by atoms with Crippen molar-refractivity contribution in [2.75, 3.05) is 18.4 Å². The lowest BCUT2D eigenvalue weighted by Crippen LogP contribution is -2.35. The molecular weight excluding hydrogens is 242 g/mol. The van der Waals surface area contributed by atoms with Crippen molar-refractivity contribution < 1.29 is 8.78 Å². The summed E-state index contributed by atoms with van der Waals surface area (Å²) < 4.78 is 24.8. The van der Waals surface area contributed by atoms with Crippen LogP contribution in [-0.2, 0) is 0 Å². The number of nitrogens with one attached hydrogen (secondary N) is 2. The monoisotopic (exact) mass is 258 g/mol.